The smallest absolute Gasteiger partial charge is 0.251 e. The molecule has 1 saturated heterocycles. The highest BCUT2D eigenvalue weighted by molar-refractivity contribution is 5.99. The fourth-order valence-electron chi connectivity index (χ4n) is 2.85. The number of nitrogens with zero attached hydrogens (tertiary/aromatic N) is 1. The number of amides is 2. The third kappa shape index (κ3) is 3.82. The molecule has 7 heteroatoms. The Morgan fingerprint density at radius 2 is 1.92 bits per heavy atom. The molecule has 26 heavy (non-hydrogen) atoms. The molecule has 2 aromatic rings. The minimum absolute atomic E-state index is 0.0101. The first-order chi connectivity index (χ1) is 12.5. The average Bonchev–Trinajstić information content (AvgIpc) is 2.98. The van der Waals surface area contributed by atoms with Crippen molar-refractivity contribution in [3.63, 3.8) is 0 Å². The zero-order valence-corrected chi connectivity index (χ0v) is 14.2. The summed E-state index contributed by atoms with van der Waals surface area (Å²) in [7, 11) is 0. The maximum Gasteiger partial charge on any atom is 0.251 e. The summed E-state index contributed by atoms with van der Waals surface area (Å²) in [5.74, 6) is -2.05. The number of anilines is 1. The maximum absolute atomic E-state index is 13.3. The van der Waals surface area contributed by atoms with Crippen LogP contribution in [0.25, 0.3) is 0 Å². The number of carbonyl (C=O) groups excluding carboxylic acids is 2. The van der Waals surface area contributed by atoms with Crippen molar-refractivity contribution in [1.82, 2.24) is 5.32 Å². The van der Waals surface area contributed by atoms with E-state index in [4.69, 9.17) is 4.74 Å². The van der Waals surface area contributed by atoms with Gasteiger partial charge in [0.25, 0.3) is 5.91 Å². The number of carbonyl (C=O) groups is 2. The second-order valence-electron chi connectivity index (χ2n) is 5.93. The molecule has 2 aromatic carbocycles. The molecule has 5 nitrogen and oxygen atoms in total. The van der Waals surface area contributed by atoms with Crippen LogP contribution in [-0.2, 0) is 4.79 Å². The molecule has 0 spiro atoms. The predicted molar refractivity (Wildman–Crippen MR) is 92.2 cm³/mol. The molecule has 1 atom stereocenters. The molecule has 0 unspecified atom stereocenters. The molecular weight excluding hydrogens is 342 g/mol. The quantitative estimate of drug-likeness (QED) is 0.892. The normalized spacial score (nSPS) is 16.7. The maximum atomic E-state index is 13.3. The standard InChI is InChI=1S/C19H18F2N2O3/c1-2-26-15-6-4-14(5-7-15)23-11-13(10-18(23)24)22-19(25)12-3-8-16(20)17(21)9-12/h3-9,13H,2,10-11H2,1H3,(H,22,25)/t13-/m1/s1. The van der Waals surface area contributed by atoms with E-state index in [0.717, 1.165) is 12.1 Å². The highest BCUT2D eigenvalue weighted by Crippen LogP contribution is 2.24. The van der Waals surface area contributed by atoms with E-state index in [0.29, 0.717) is 24.6 Å². The largest absolute Gasteiger partial charge is 0.494 e. The second-order valence-corrected chi connectivity index (χ2v) is 5.93. The van der Waals surface area contributed by atoms with E-state index in [1.165, 1.54) is 6.07 Å². The zero-order valence-electron chi connectivity index (χ0n) is 14.2. The van der Waals surface area contributed by atoms with Crippen molar-refractivity contribution in [2.45, 2.75) is 19.4 Å². The molecule has 0 radical (unpaired) electrons. The van der Waals surface area contributed by atoms with Crippen molar-refractivity contribution >= 4 is 17.5 Å². The van der Waals surface area contributed by atoms with E-state index in [9.17, 15) is 18.4 Å². The van der Waals surface area contributed by atoms with E-state index < -0.39 is 23.6 Å². The van der Waals surface area contributed by atoms with Gasteiger partial charge < -0.3 is 15.0 Å². The van der Waals surface area contributed by atoms with Gasteiger partial charge in [0, 0.05) is 24.2 Å². The van der Waals surface area contributed by atoms with Crippen molar-refractivity contribution in [1.29, 1.82) is 0 Å². The Morgan fingerprint density at radius 1 is 1.19 bits per heavy atom. The summed E-state index contributed by atoms with van der Waals surface area (Å²) < 4.78 is 31.6. The molecule has 0 aliphatic carbocycles. The minimum Gasteiger partial charge on any atom is -0.494 e. The molecule has 1 aliphatic rings. The Kier molecular flexibility index (Phi) is 5.16. The first kappa shape index (κ1) is 17.8. The van der Waals surface area contributed by atoms with Gasteiger partial charge in [-0.1, -0.05) is 0 Å². The highest BCUT2D eigenvalue weighted by atomic mass is 19.2. The van der Waals surface area contributed by atoms with Crippen molar-refractivity contribution < 1.29 is 23.1 Å². The van der Waals surface area contributed by atoms with Gasteiger partial charge >= 0.3 is 0 Å². The lowest BCUT2D eigenvalue weighted by Crippen LogP contribution is -2.37. The van der Waals surface area contributed by atoms with E-state index in [-0.39, 0.29) is 17.9 Å². The van der Waals surface area contributed by atoms with Crippen molar-refractivity contribution in [3.8, 4) is 5.75 Å². The molecule has 1 heterocycles. The third-order valence-corrected chi connectivity index (χ3v) is 4.10. The molecular formula is C19H18F2N2O3. The van der Waals surface area contributed by atoms with Gasteiger partial charge in [-0.3, -0.25) is 9.59 Å². The van der Waals surface area contributed by atoms with Crippen LogP contribution in [0.15, 0.2) is 42.5 Å². The van der Waals surface area contributed by atoms with Crippen LogP contribution in [-0.4, -0.2) is 31.0 Å². The fraction of sp³-hybridized carbons (Fsp3) is 0.263. The Hall–Kier alpha value is -2.96. The number of hydrogen-bond acceptors (Lipinski definition) is 3. The molecule has 0 saturated carbocycles. The lowest BCUT2D eigenvalue weighted by Gasteiger charge is -2.17. The summed E-state index contributed by atoms with van der Waals surface area (Å²) in [5.41, 5.74) is 0.721. The third-order valence-electron chi connectivity index (χ3n) is 4.10. The number of nitrogens with one attached hydrogen (secondary N) is 1. The van der Waals surface area contributed by atoms with Gasteiger partial charge in [0.2, 0.25) is 5.91 Å². The van der Waals surface area contributed by atoms with E-state index >= 15 is 0 Å². The van der Waals surface area contributed by atoms with Gasteiger partial charge in [-0.2, -0.15) is 0 Å². The van der Waals surface area contributed by atoms with Crippen molar-refractivity contribution in [2.75, 3.05) is 18.1 Å². The summed E-state index contributed by atoms with van der Waals surface area (Å²) in [6.45, 7) is 2.75. The lowest BCUT2D eigenvalue weighted by molar-refractivity contribution is -0.117. The molecule has 3 rings (SSSR count). The van der Waals surface area contributed by atoms with Gasteiger partial charge in [0.05, 0.1) is 12.6 Å². The van der Waals surface area contributed by atoms with Gasteiger partial charge in [0.1, 0.15) is 5.75 Å². The van der Waals surface area contributed by atoms with Crippen LogP contribution >= 0.6 is 0 Å². The van der Waals surface area contributed by atoms with Crippen LogP contribution in [0.5, 0.6) is 5.75 Å². The van der Waals surface area contributed by atoms with Gasteiger partial charge in [-0.05, 0) is 49.4 Å². The summed E-state index contributed by atoms with van der Waals surface area (Å²) in [6, 6.07) is 9.65. The van der Waals surface area contributed by atoms with Gasteiger partial charge in [0.15, 0.2) is 11.6 Å². The number of halogens is 2. The minimum atomic E-state index is -1.09. The van der Waals surface area contributed by atoms with Crippen LogP contribution in [0.4, 0.5) is 14.5 Å². The number of rotatable bonds is 5. The van der Waals surface area contributed by atoms with Crippen molar-refractivity contribution in [3.05, 3.63) is 59.7 Å². The summed E-state index contributed by atoms with van der Waals surface area (Å²) in [6.07, 6.45) is 0.141. The first-order valence-corrected chi connectivity index (χ1v) is 8.27. The second kappa shape index (κ2) is 7.51. The Labute approximate surface area is 149 Å². The number of benzene rings is 2. The molecule has 2 amide bonds. The van der Waals surface area contributed by atoms with Gasteiger partial charge in [-0.15, -0.1) is 0 Å². The molecule has 1 N–H and O–H groups in total. The zero-order chi connectivity index (χ0) is 18.7. The van der Waals surface area contributed by atoms with Crippen LogP contribution in [0, 0.1) is 11.6 Å². The van der Waals surface area contributed by atoms with Crippen LogP contribution in [0.1, 0.15) is 23.7 Å². The first-order valence-electron chi connectivity index (χ1n) is 8.27. The van der Waals surface area contributed by atoms with E-state index in [2.05, 4.69) is 5.32 Å². The summed E-state index contributed by atoms with van der Waals surface area (Å²) in [4.78, 5) is 26.0. The molecule has 136 valence electrons. The van der Waals surface area contributed by atoms with Crippen LogP contribution < -0.4 is 15.0 Å². The van der Waals surface area contributed by atoms with E-state index in [1.54, 1.807) is 29.2 Å². The monoisotopic (exact) mass is 360 g/mol. The Bertz CT molecular complexity index is 824. The Balaban J connectivity index is 1.65. The predicted octanol–water partition coefficient (Wildman–Crippen LogP) is 2.90. The molecule has 1 fully saturated rings. The topological polar surface area (TPSA) is 58.6 Å². The lowest BCUT2D eigenvalue weighted by atomic mass is 10.1. The van der Waals surface area contributed by atoms with Crippen LogP contribution in [0.3, 0.4) is 0 Å². The average molecular weight is 360 g/mol. The molecule has 1 aliphatic heterocycles. The van der Waals surface area contributed by atoms with Crippen LogP contribution in [0.2, 0.25) is 0 Å². The summed E-state index contributed by atoms with van der Waals surface area (Å²) in [5, 5.41) is 2.69. The van der Waals surface area contributed by atoms with E-state index in [1.807, 2.05) is 6.92 Å². The van der Waals surface area contributed by atoms with Gasteiger partial charge in [-0.25, -0.2) is 8.78 Å². The molecule has 0 bridgehead atoms. The fourth-order valence-corrected chi connectivity index (χ4v) is 2.85. The van der Waals surface area contributed by atoms with Crippen molar-refractivity contribution in [2.24, 2.45) is 0 Å². The highest BCUT2D eigenvalue weighted by Gasteiger charge is 2.31. The number of ether oxygens (including phenoxy) is 1. The Morgan fingerprint density at radius 3 is 2.58 bits per heavy atom. The number of hydrogen-bond donors (Lipinski definition) is 1. The molecule has 0 aromatic heterocycles. The SMILES string of the molecule is CCOc1ccc(N2C[C@H](NC(=O)c3ccc(F)c(F)c3)CC2=O)cc1. The summed E-state index contributed by atoms with van der Waals surface area (Å²) >= 11 is 0.